The minimum absolute atomic E-state index is 0.133. The van der Waals surface area contributed by atoms with E-state index in [-0.39, 0.29) is 18.4 Å². The van der Waals surface area contributed by atoms with Gasteiger partial charge in [0.2, 0.25) is 0 Å². The molecule has 0 saturated carbocycles. The molecule has 0 fully saturated rings. The van der Waals surface area contributed by atoms with Crippen LogP contribution in [-0.4, -0.2) is 7.32 Å². The van der Waals surface area contributed by atoms with E-state index >= 15 is 26.3 Å². The first-order valence-electron chi connectivity index (χ1n) is 40.6. The number of rotatable bonds is 50. The Morgan fingerprint density at radius 1 is 0.255 bits per heavy atom. The van der Waals surface area contributed by atoms with Crippen molar-refractivity contribution in [2.45, 2.75) is 257 Å². The summed E-state index contributed by atoms with van der Waals surface area (Å²) >= 11 is 0. The Labute approximate surface area is 633 Å². The topological polar surface area (TPSA) is 27.7 Å². The van der Waals surface area contributed by atoms with Crippen LogP contribution in [0.25, 0.3) is 0 Å². The number of aryl methyl sites for hydroxylation is 2. The summed E-state index contributed by atoms with van der Waals surface area (Å²) in [6.07, 6.45) is 33.3. The maximum absolute atomic E-state index is 15.4. The average Bonchev–Trinajstić information content (AvgIpc) is 0.686. The van der Waals surface area contributed by atoms with Crippen molar-refractivity contribution < 1.29 is 39.9 Å². The van der Waals surface area contributed by atoms with Crippen molar-refractivity contribution in [3.8, 4) is 5.75 Å². The minimum atomic E-state index is -5.21. The molecule has 0 radical (unpaired) electrons. The van der Waals surface area contributed by atoms with E-state index in [4.69, 9.17) is 13.5 Å². The van der Waals surface area contributed by atoms with Gasteiger partial charge in [-0.05, 0) is 0 Å². The van der Waals surface area contributed by atoms with E-state index in [1.807, 2.05) is 182 Å². The van der Waals surface area contributed by atoms with Gasteiger partial charge in [0.15, 0.2) is 0 Å². The fourth-order valence-corrected chi connectivity index (χ4v) is 27.4. The van der Waals surface area contributed by atoms with E-state index in [2.05, 4.69) is 62.4 Å². The van der Waals surface area contributed by atoms with Crippen molar-refractivity contribution in [3.05, 3.63) is 282 Å². The summed E-state index contributed by atoms with van der Waals surface area (Å²) in [6.45, 7) is -5.31. The van der Waals surface area contributed by atoms with Crippen molar-refractivity contribution >= 4 is 52.8 Å². The Kier molecular flexibility index (Phi) is 33.6. The molecule has 0 aliphatic rings. The second-order valence-electron chi connectivity index (χ2n) is 29.9. The van der Waals surface area contributed by atoms with Crippen LogP contribution in [-0.2, 0) is 46.4 Å². The first-order chi connectivity index (χ1) is 51.7. The van der Waals surface area contributed by atoms with Crippen LogP contribution in [0, 0.1) is 0 Å². The third kappa shape index (κ3) is 23.1. The van der Waals surface area contributed by atoms with Gasteiger partial charge in [0.25, 0.3) is 0 Å². The average molecular weight is 1480 g/mol. The second kappa shape index (κ2) is 42.8. The summed E-state index contributed by atoms with van der Waals surface area (Å²) < 4.78 is 116. The third-order valence-corrected chi connectivity index (χ3v) is 33.5. The molecule has 12 heteroatoms. The predicted molar refractivity (Wildman–Crippen MR) is 442 cm³/mol. The van der Waals surface area contributed by atoms with Gasteiger partial charge in [-0.2, -0.15) is 0 Å². The quantitative estimate of drug-likeness (QED) is 0.0165. The SMILES string of the molecule is CCCCCCCCCCCCCCCCCCc1ccc(CP(OB(Oc2cc(C(F)(F)F)cc(C(F)(F)F)c2)OP(Cc2ccc(CCCCCCCCCCCCCCCCCC)cc2)(c2ccccc2)(c2ccccc2)c2ccccc2)(c2ccccc2)(c2ccccc2)c2ccccc2)cc1. The van der Waals surface area contributed by atoms with Crippen molar-refractivity contribution in [3.63, 3.8) is 0 Å². The Morgan fingerprint density at radius 2 is 0.462 bits per heavy atom. The molecule has 0 heterocycles. The van der Waals surface area contributed by atoms with Gasteiger partial charge in [0, 0.05) is 0 Å². The Balaban J connectivity index is 1.10. The molecule has 0 aromatic heterocycles. The van der Waals surface area contributed by atoms with Gasteiger partial charge in [-0.15, -0.1) is 0 Å². The number of halogens is 6. The van der Waals surface area contributed by atoms with E-state index in [0.29, 0.717) is 12.1 Å². The Morgan fingerprint density at radius 3 is 0.679 bits per heavy atom. The van der Waals surface area contributed by atoms with Crippen molar-refractivity contribution in [2.75, 3.05) is 0 Å². The fraction of sp³-hybridized carbons (Fsp3) is 0.426. The number of alkyl halides is 6. The molecule has 9 rings (SSSR count). The molecule has 0 aliphatic carbocycles. The molecule has 0 amide bonds. The zero-order valence-corrected chi connectivity index (χ0v) is 65.4. The van der Waals surface area contributed by atoms with E-state index in [0.717, 1.165) is 81.5 Å². The summed E-state index contributed by atoms with van der Waals surface area (Å²) in [7, 11) is -2.08. The first-order valence-corrected chi connectivity index (χ1v) is 45.2. The van der Waals surface area contributed by atoms with E-state index < -0.39 is 50.2 Å². The first kappa shape index (κ1) is 83.2. The van der Waals surface area contributed by atoms with Gasteiger partial charge in [0.05, 0.1) is 0 Å². The van der Waals surface area contributed by atoms with E-state index in [1.165, 1.54) is 191 Å². The molecular formula is C94H119BF6O3P2. The van der Waals surface area contributed by atoms with Crippen LogP contribution in [0.2, 0.25) is 0 Å². The Hall–Kier alpha value is -6.80. The molecule has 0 saturated heterocycles. The van der Waals surface area contributed by atoms with Gasteiger partial charge in [-0.3, -0.25) is 0 Å². The molecule has 0 unspecified atom stereocenters. The van der Waals surface area contributed by atoms with Crippen LogP contribution in [0.3, 0.4) is 0 Å². The fourth-order valence-electron chi connectivity index (χ4n) is 16.0. The molecule has 9 aromatic carbocycles. The number of unbranched alkanes of at least 4 members (excludes halogenated alkanes) is 30. The van der Waals surface area contributed by atoms with Crippen LogP contribution in [0.4, 0.5) is 26.3 Å². The molecule has 106 heavy (non-hydrogen) atoms. The zero-order valence-electron chi connectivity index (χ0n) is 63.6. The molecule has 0 spiro atoms. The molecule has 0 atom stereocenters. The second-order valence-corrected chi connectivity index (χ2v) is 38.9. The summed E-state index contributed by atoms with van der Waals surface area (Å²) in [5.41, 5.74) is 1.12. The van der Waals surface area contributed by atoms with Crippen molar-refractivity contribution in [1.82, 2.24) is 0 Å². The van der Waals surface area contributed by atoms with Gasteiger partial charge >= 0.3 is 495 Å². The van der Waals surface area contributed by atoms with Crippen molar-refractivity contribution in [1.29, 1.82) is 0 Å². The Bertz CT molecular complexity index is 3420. The van der Waals surface area contributed by atoms with Crippen LogP contribution in [0.5, 0.6) is 5.75 Å². The van der Waals surface area contributed by atoms with Crippen LogP contribution < -0.4 is 36.5 Å². The van der Waals surface area contributed by atoms with Crippen molar-refractivity contribution in [2.24, 2.45) is 0 Å². The summed E-state index contributed by atoms with van der Waals surface area (Å²) in [5.74, 6) is -0.736. The molecule has 3 nitrogen and oxygen atoms in total. The van der Waals surface area contributed by atoms with Gasteiger partial charge in [0.1, 0.15) is 0 Å². The van der Waals surface area contributed by atoms with Gasteiger partial charge < -0.3 is 0 Å². The van der Waals surface area contributed by atoms with Crippen LogP contribution in [0.1, 0.15) is 253 Å². The van der Waals surface area contributed by atoms with E-state index in [1.54, 1.807) is 0 Å². The van der Waals surface area contributed by atoms with Crippen LogP contribution >= 0.6 is 13.7 Å². The molecule has 0 bridgehead atoms. The summed E-state index contributed by atoms with van der Waals surface area (Å²) in [5, 5.41) is 4.42. The number of hydrogen-bond acceptors (Lipinski definition) is 3. The third-order valence-electron chi connectivity index (χ3n) is 21.9. The van der Waals surface area contributed by atoms with Gasteiger partial charge in [-0.1, -0.05) is 142 Å². The molecule has 9 aromatic rings. The molecular weight excluding hydrogens is 1360 g/mol. The number of benzene rings is 9. The molecule has 0 N–H and O–H groups in total. The molecule has 0 aliphatic heterocycles. The van der Waals surface area contributed by atoms with Gasteiger partial charge in [-0.25, -0.2) is 0 Å². The predicted octanol–water partition coefficient (Wildman–Crippen LogP) is 27.0. The molecule has 568 valence electrons. The summed E-state index contributed by atoms with van der Waals surface area (Å²) in [4.78, 5) is 0. The summed E-state index contributed by atoms with van der Waals surface area (Å²) in [6, 6.07) is 78.2. The zero-order chi connectivity index (χ0) is 74.5. The van der Waals surface area contributed by atoms with Crippen LogP contribution in [0.15, 0.2) is 249 Å². The monoisotopic (exact) mass is 1480 g/mol. The maximum atomic E-state index is 15.4. The van der Waals surface area contributed by atoms with E-state index in [9.17, 15) is 0 Å². The standard InChI is InChI=1S/C94H119BF6O3P2/c1-3-5-7-9-11-13-15-17-19-21-23-25-27-29-31-39-53-80-67-71-82(72-68-80)78-105(87-55-41-33-42-56-87,88-57-43-34-44-58-88,89-59-45-35-46-60-89)103-95(102-86-76-84(93(96,97)98)75-85(77-86)94(99,100)101)104-106(90-61-47-36-48-62-90,91-63-49-37-50-64-91,92-65-51-38-52-66-92)79-83-73-69-81(70-74-83)54-40-32-30-28-26-24-22-20-18-16-14-12-10-8-6-4-2/h33-38,41-52,55-77H,3-32,39-40,53-54,78-79H2,1-2H3. The normalized spacial score (nSPS) is 12.9. The number of hydrogen-bond donors (Lipinski definition) is 0.